The molecule has 0 saturated carbocycles. The number of rotatable bonds is 25. The number of hydrogen-bond donors (Lipinski definition) is 1. The van der Waals surface area contributed by atoms with Gasteiger partial charge in [-0.1, -0.05) is 103 Å². The fraction of sp³-hybridized carbons (Fsp3) is 0.710. The van der Waals surface area contributed by atoms with Gasteiger partial charge in [0.05, 0.1) is 19.8 Å². The minimum absolute atomic E-state index is 0.0966. The molecule has 1 N–H and O–H groups in total. The first-order chi connectivity index (χ1) is 19.5. The molecule has 0 bridgehead atoms. The van der Waals surface area contributed by atoms with Gasteiger partial charge in [-0.2, -0.15) is 0 Å². The maximum atomic E-state index is 12.5. The molecule has 0 aliphatic carbocycles. The molecule has 2 rings (SSSR count). The minimum Gasteiger partial charge on any atom is -0.404 e. The van der Waals surface area contributed by atoms with Gasteiger partial charge in [0, 0.05) is 38.9 Å². The second kappa shape index (κ2) is 22.0. The SMILES string of the molecule is CCCCCCCCCCCCCCCCOCC(COP(=O)(O)Oc1cccc(CN2C=CN=CC2)c1)OC. The van der Waals surface area contributed by atoms with E-state index < -0.39 is 13.9 Å². The first kappa shape index (κ1) is 34.5. The van der Waals surface area contributed by atoms with Crippen molar-refractivity contribution in [3.05, 3.63) is 42.2 Å². The van der Waals surface area contributed by atoms with E-state index in [1.165, 1.54) is 84.2 Å². The molecule has 0 saturated heterocycles. The third kappa shape index (κ3) is 17.2. The van der Waals surface area contributed by atoms with Gasteiger partial charge in [0.25, 0.3) is 0 Å². The summed E-state index contributed by atoms with van der Waals surface area (Å²) in [4.78, 5) is 16.3. The number of methoxy groups -OCH3 is 1. The summed E-state index contributed by atoms with van der Waals surface area (Å²) >= 11 is 0. The number of unbranched alkanes of at least 4 members (excludes halogenated alkanes) is 13. The molecule has 0 spiro atoms. The number of nitrogens with zero attached hydrogens (tertiary/aromatic N) is 2. The van der Waals surface area contributed by atoms with E-state index in [0.29, 0.717) is 26.3 Å². The fourth-order valence-corrected chi connectivity index (χ4v) is 5.38. The van der Waals surface area contributed by atoms with Crippen LogP contribution < -0.4 is 4.52 Å². The van der Waals surface area contributed by atoms with Gasteiger partial charge in [0.15, 0.2) is 0 Å². The predicted molar refractivity (Wildman–Crippen MR) is 163 cm³/mol. The highest BCUT2D eigenvalue weighted by molar-refractivity contribution is 7.47. The zero-order valence-corrected chi connectivity index (χ0v) is 25.8. The first-order valence-electron chi connectivity index (χ1n) is 15.3. The number of aliphatic imine (C=N–C) groups is 1. The summed E-state index contributed by atoms with van der Waals surface area (Å²) in [6.07, 6.45) is 23.5. The van der Waals surface area contributed by atoms with Gasteiger partial charge in [0.1, 0.15) is 11.9 Å². The number of phosphoric ester groups is 1. The van der Waals surface area contributed by atoms with E-state index in [0.717, 1.165) is 18.4 Å². The van der Waals surface area contributed by atoms with Gasteiger partial charge >= 0.3 is 7.82 Å². The second-order valence-corrected chi connectivity index (χ2v) is 12.0. The molecule has 0 amide bonds. The normalized spacial score (nSPS) is 15.3. The van der Waals surface area contributed by atoms with Gasteiger partial charge in [-0.05, 0) is 24.1 Å². The Labute approximate surface area is 242 Å². The van der Waals surface area contributed by atoms with Crippen LogP contribution in [0.4, 0.5) is 0 Å². The smallest absolute Gasteiger partial charge is 0.404 e. The first-order valence-corrected chi connectivity index (χ1v) is 16.8. The highest BCUT2D eigenvalue weighted by Crippen LogP contribution is 2.44. The maximum Gasteiger partial charge on any atom is 0.527 e. The van der Waals surface area contributed by atoms with Crippen LogP contribution in [0.25, 0.3) is 0 Å². The Morgan fingerprint density at radius 2 is 1.60 bits per heavy atom. The van der Waals surface area contributed by atoms with E-state index >= 15 is 0 Å². The predicted octanol–water partition coefficient (Wildman–Crippen LogP) is 8.05. The van der Waals surface area contributed by atoms with Crippen LogP contribution in [-0.2, 0) is 25.1 Å². The highest BCUT2D eigenvalue weighted by atomic mass is 31.2. The Morgan fingerprint density at radius 3 is 2.20 bits per heavy atom. The molecule has 0 fully saturated rings. The van der Waals surface area contributed by atoms with E-state index in [4.69, 9.17) is 18.5 Å². The molecule has 228 valence electrons. The summed E-state index contributed by atoms with van der Waals surface area (Å²) in [5, 5.41) is 0. The molecule has 1 aliphatic heterocycles. The van der Waals surface area contributed by atoms with Crippen LogP contribution in [0.5, 0.6) is 5.75 Å². The molecule has 40 heavy (non-hydrogen) atoms. The molecule has 0 radical (unpaired) electrons. The van der Waals surface area contributed by atoms with Crippen LogP contribution in [0, 0.1) is 0 Å². The zero-order valence-electron chi connectivity index (χ0n) is 24.9. The van der Waals surface area contributed by atoms with Crippen LogP contribution in [0.2, 0.25) is 0 Å². The van der Waals surface area contributed by atoms with Gasteiger partial charge in [-0.3, -0.25) is 14.4 Å². The van der Waals surface area contributed by atoms with Crippen molar-refractivity contribution in [3.63, 3.8) is 0 Å². The Bertz CT molecular complexity index is 881. The summed E-state index contributed by atoms with van der Waals surface area (Å²) in [7, 11) is -2.77. The van der Waals surface area contributed by atoms with E-state index in [2.05, 4.69) is 16.8 Å². The Hall–Kier alpha value is -1.70. The van der Waals surface area contributed by atoms with Crippen molar-refractivity contribution in [1.82, 2.24) is 4.90 Å². The molecular weight excluding hydrogens is 527 g/mol. The fourth-order valence-electron chi connectivity index (χ4n) is 4.59. The average molecular weight is 581 g/mol. The standard InChI is InChI=1S/C31H53N2O6P/c1-3-4-5-6-7-8-9-10-11-12-13-14-15-16-24-37-27-31(36-2)28-38-40(34,35)39-30-19-17-18-29(25-30)26-33-22-20-32-21-23-33/h17-22,25,31H,3-16,23-24,26-28H2,1-2H3,(H,34,35). The Kier molecular flexibility index (Phi) is 18.9. The van der Waals surface area contributed by atoms with Crippen molar-refractivity contribution in [3.8, 4) is 5.75 Å². The molecule has 0 aromatic heterocycles. The van der Waals surface area contributed by atoms with Crippen LogP contribution in [-0.4, -0.2) is 55.6 Å². The van der Waals surface area contributed by atoms with Gasteiger partial charge in [0.2, 0.25) is 0 Å². The molecule has 1 aromatic carbocycles. The van der Waals surface area contributed by atoms with Crippen molar-refractivity contribution < 1.29 is 28.0 Å². The summed E-state index contributed by atoms with van der Waals surface area (Å²) in [5.74, 6) is 0.279. The molecule has 1 aliphatic rings. The monoisotopic (exact) mass is 580 g/mol. The van der Waals surface area contributed by atoms with Crippen LogP contribution in [0.1, 0.15) is 102 Å². The third-order valence-electron chi connectivity index (χ3n) is 6.99. The number of hydrogen-bond acceptors (Lipinski definition) is 7. The largest absolute Gasteiger partial charge is 0.527 e. The summed E-state index contributed by atoms with van der Waals surface area (Å²) < 4.78 is 34.1. The van der Waals surface area contributed by atoms with Crippen molar-refractivity contribution in [2.45, 2.75) is 109 Å². The summed E-state index contributed by atoms with van der Waals surface area (Å²) in [6.45, 7) is 4.47. The van der Waals surface area contributed by atoms with Gasteiger partial charge < -0.3 is 18.9 Å². The van der Waals surface area contributed by atoms with Crippen LogP contribution in [0.15, 0.2) is 41.7 Å². The molecular formula is C31H53N2O6P. The number of benzene rings is 1. The second-order valence-electron chi connectivity index (χ2n) is 10.6. The van der Waals surface area contributed by atoms with Crippen molar-refractivity contribution in [2.75, 3.05) is 33.5 Å². The molecule has 2 atom stereocenters. The van der Waals surface area contributed by atoms with E-state index in [1.54, 1.807) is 24.4 Å². The van der Waals surface area contributed by atoms with E-state index in [9.17, 15) is 9.46 Å². The number of ether oxygens (including phenoxy) is 2. The van der Waals surface area contributed by atoms with Crippen LogP contribution in [0.3, 0.4) is 0 Å². The van der Waals surface area contributed by atoms with Crippen LogP contribution >= 0.6 is 7.82 Å². The zero-order chi connectivity index (χ0) is 28.7. The van der Waals surface area contributed by atoms with E-state index in [1.807, 2.05) is 18.5 Å². The lowest BCUT2D eigenvalue weighted by molar-refractivity contribution is -0.0197. The molecule has 1 aromatic rings. The van der Waals surface area contributed by atoms with Gasteiger partial charge in [-0.15, -0.1) is 0 Å². The van der Waals surface area contributed by atoms with Crippen molar-refractivity contribution >= 4 is 14.0 Å². The minimum atomic E-state index is -4.30. The highest BCUT2D eigenvalue weighted by Gasteiger charge is 2.25. The summed E-state index contributed by atoms with van der Waals surface area (Å²) in [5.41, 5.74) is 0.948. The molecule has 9 heteroatoms. The maximum absolute atomic E-state index is 12.5. The average Bonchev–Trinajstić information content (AvgIpc) is 2.95. The van der Waals surface area contributed by atoms with Gasteiger partial charge in [-0.25, -0.2) is 4.57 Å². The lowest BCUT2D eigenvalue weighted by Gasteiger charge is -2.21. The molecule has 2 unspecified atom stereocenters. The molecule has 8 nitrogen and oxygen atoms in total. The quantitative estimate of drug-likeness (QED) is 0.0924. The van der Waals surface area contributed by atoms with Crippen molar-refractivity contribution in [2.24, 2.45) is 4.99 Å². The Balaban J connectivity index is 1.49. The molecule has 1 heterocycles. The van der Waals surface area contributed by atoms with Crippen molar-refractivity contribution in [1.29, 1.82) is 0 Å². The lowest BCUT2D eigenvalue weighted by Crippen LogP contribution is -2.24. The summed E-state index contributed by atoms with van der Waals surface area (Å²) in [6, 6.07) is 7.09. The third-order valence-corrected chi connectivity index (χ3v) is 7.91. The Morgan fingerprint density at radius 1 is 0.950 bits per heavy atom. The van der Waals surface area contributed by atoms with E-state index in [-0.39, 0.29) is 12.4 Å². The topological polar surface area (TPSA) is 89.8 Å². The lowest BCUT2D eigenvalue weighted by atomic mass is 10.0. The number of phosphoric acid groups is 1.